The van der Waals surface area contributed by atoms with E-state index in [0.29, 0.717) is 5.56 Å². The molecule has 1 N–H and O–H groups in total. The van der Waals surface area contributed by atoms with Crippen LogP contribution in [0.2, 0.25) is 0 Å². The highest BCUT2D eigenvalue weighted by Gasteiger charge is 2.78. The molecule has 0 spiro atoms. The monoisotopic (exact) mass is 452 g/mol. The van der Waals surface area contributed by atoms with Gasteiger partial charge < -0.3 is 0 Å². The minimum Gasteiger partial charge on any atom is -0.281 e. The zero-order chi connectivity index (χ0) is 22.6. The first-order valence-corrected chi connectivity index (χ1v) is 10.3. The van der Waals surface area contributed by atoms with Gasteiger partial charge in [-0.1, -0.05) is 53.7 Å². The summed E-state index contributed by atoms with van der Waals surface area (Å²) >= 11 is -0.870. The second-order valence-corrected chi connectivity index (χ2v) is 11.0. The Labute approximate surface area is 164 Å². The minimum atomic E-state index is -6.78. The Hall–Kier alpha value is -0.940. The van der Waals surface area contributed by atoms with Gasteiger partial charge in [-0.05, 0) is 39.8 Å². The lowest BCUT2D eigenvalue weighted by atomic mass is 9.81. The van der Waals surface area contributed by atoms with E-state index in [1.54, 1.807) is 20.8 Å². The maximum absolute atomic E-state index is 14.2. The van der Waals surface area contributed by atoms with Crippen molar-refractivity contribution in [1.82, 2.24) is 0 Å². The molecule has 0 aliphatic heterocycles. The summed E-state index contributed by atoms with van der Waals surface area (Å²) in [4.78, 5) is -0.406. The second kappa shape index (κ2) is 7.09. The smallest absolute Gasteiger partial charge is 0.281 e. The number of rotatable bonds is 5. The maximum atomic E-state index is 14.2. The van der Waals surface area contributed by atoms with E-state index in [4.69, 9.17) is 4.55 Å². The number of hydrogen-bond donors (Lipinski definition) is 1. The van der Waals surface area contributed by atoms with Crippen molar-refractivity contribution in [2.24, 2.45) is 0 Å². The molecule has 1 rings (SSSR count). The topological polar surface area (TPSA) is 54.4 Å². The SMILES string of the molecule is CC(C)(C)c1ccc(SC(F)(F)C(F)(F)C(F)(F)S(=O)(=O)O)c(C(C)(C)C)c1. The number of halogens is 6. The predicted octanol–water partition coefficient (Wildman–Crippen LogP) is 6.08. The van der Waals surface area contributed by atoms with Crippen LogP contribution in [0.5, 0.6) is 0 Å². The summed E-state index contributed by atoms with van der Waals surface area (Å²) in [5, 5.41) is -11.9. The van der Waals surface area contributed by atoms with Crippen molar-refractivity contribution in [3.63, 3.8) is 0 Å². The van der Waals surface area contributed by atoms with Crippen molar-refractivity contribution in [1.29, 1.82) is 0 Å². The number of thioether (sulfide) groups is 1. The van der Waals surface area contributed by atoms with Crippen LogP contribution in [0.15, 0.2) is 23.1 Å². The van der Waals surface area contributed by atoms with Crippen molar-refractivity contribution < 1.29 is 39.3 Å². The lowest BCUT2D eigenvalue weighted by Crippen LogP contribution is -2.56. The Morgan fingerprint density at radius 1 is 0.857 bits per heavy atom. The second-order valence-electron chi connectivity index (χ2n) is 8.40. The highest BCUT2D eigenvalue weighted by atomic mass is 32.2. The van der Waals surface area contributed by atoms with Gasteiger partial charge >= 0.3 is 26.5 Å². The number of benzene rings is 1. The zero-order valence-corrected chi connectivity index (χ0v) is 17.7. The fraction of sp³-hybridized carbons (Fsp3) is 0.647. The van der Waals surface area contributed by atoms with E-state index in [0.717, 1.165) is 6.07 Å². The number of hydrogen-bond acceptors (Lipinski definition) is 3. The molecule has 28 heavy (non-hydrogen) atoms. The van der Waals surface area contributed by atoms with Crippen LogP contribution in [0.25, 0.3) is 0 Å². The Balaban J connectivity index is 3.55. The molecular formula is C17H22F6O3S2. The summed E-state index contributed by atoms with van der Waals surface area (Å²) in [6.45, 7) is 10.4. The van der Waals surface area contributed by atoms with Gasteiger partial charge in [-0.25, -0.2) is 0 Å². The minimum absolute atomic E-state index is 0.204. The highest BCUT2D eigenvalue weighted by Crippen LogP contribution is 2.56. The van der Waals surface area contributed by atoms with Crippen molar-refractivity contribution in [2.45, 2.75) is 73.7 Å². The summed E-state index contributed by atoms with van der Waals surface area (Å²) in [5.41, 5.74) is -0.288. The molecule has 0 aliphatic carbocycles. The van der Waals surface area contributed by atoms with Gasteiger partial charge in [0, 0.05) is 4.90 Å². The molecule has 0 heterocycles. The van der Waals surface area contributed by atoms with Crippen LogP contribution in [0.4, 0.5) is 26.3 Å². The third-order valence-electron chi connectivity index (χ3n) is 3.95. The quantitative estimate of drug-likeness (QED) is 0.334. The molecule has 0 amide bonds. The van der Waals surface area contributed by atoms with E-state index >= 15 is 0 Å². The molecule has 0 aromatic heterocycles. The molecule has 1 aromatic carbocycles. The van der Waals surface area contributed by atoms with E-state index < -0.39 is 54.0 Å². The van der Waals surface area contributed by atoms with Gasteiger partial charge in [0.1, 0.15) is 0 Å². The number of alkyl halides is 6. The lowest BCUT2D eigenvalue weighted by Gasteiger charge is -2.32. The molecule has 1 aromatic rings. The molecule has 0 saturated heterocycles. The average Bonchev–Trinajstić information content (AvgIpc) is 2.43. The highest BCUT2D eigenvalue weighted by molar-refractivity contribution is 8.00. The van der Waals surface area contributed by atoms with E-state index in [9.17, 15) is 34.8 Å². The van der Waals surface area contributed by atoms with E-state index in [1.807, 2.05) is 20.8 Å². The van der Waals surface area contributed by atoms with Gasteiger partial charge in [-0.15, -0.1) is 0 Å². The van der Waals surface area contributed by atoms with Crippen LogP contribution < -0.4 is 0 Å². The normalized spacial score (nSPS) is 15.0. The lowest BCUT2D eigenvalue weighted by molar-refractivity contribution is -0.242. The summed E-state index contributed by atoms with van der Waals surface area (Å²) in [6, 6.07) is 4.05. The molecule has 0 aliphatic rings. The molecule has 162 valence electrons. The van der Waals surface area contributed by atoms with Crippen LogP contribution in [-0.4, -0.2) is 29.4 Å². The van der Waals surface area contributed by atoms with Gasteiger partial charge in [-0.2, -0.15) is 34.8 Å². The summed E-state index contributed by atoms with van der Waals surface area (Å²) in [7, 11) is -6.78. The fourth-order valence-corrected chi connectivity index (χ4v) is 3.87. The van der Waals surface area contributed by atoms with Crippen LogP contribution in [0.3, 0.4) is 0 Å². The molecule has 3 nitrogen and oxygen atoms in total. The van der Waals surface area contributed by atoms with Crippen molar-refractivity contribution >= 4 is 21.9 Å². The Morgan fingerprint density at radius 2 is 1.32 bits per heavy atom. The first-order chi connectivity index (χ1) is 12.1. The van der Waals surface area contributed by atoms with Crippen molar-refractivity contribution in [3.8, 4) is 0 Å². The third kappa shape index (κ3) is 4.62. The molecule has 0 saturated carbocycles. The molecule has 0 fully saturated rings. The largest absolute Gasteiger partial charge is 0.438 e. The van der Waals surface area contributed by atoms with Gasteiger partial charge in [0.05, 0.1) is 0 Å². The van der Waals surface area contributed by atoms with E-state index in [1.165, 1.54) is 12.1 Å². The Bertz CT molecular complexity index is 837. The average molecular weight is 452 g/mol. The first-order valence-electron chi connectivity index (χ1n) is 8.00. The van der Waals surface area contributed by atoms with E-state index in [-0.39, 0.29) is 5.56 Å². The van der Waals surface area contributed by atoms with Crippen LogP contribution in [0.1, 0.15) is 52.7 Å². The summed E-state index contributed by atoms with van der Waals surface area (Å²) in [5.74, 6) is -6.36. The van der Waals surface area contributed by atoms with Crippen molar-refractivity contribution in [3.05, 3.63) is 29.3 Å². The molecular weight excluding hydrogens is 430 g/mol. The maximum Gasteiger partial charge on any atom is 0.438 e. The first kappa shape index (κ1) is 25.1. The molecule has 0 radical (unpaired) electrons. The van der Waals surface area contributed by atoms with Gasteiger partial charge in [0.2, 0.25) is 0 Å². The van der Waals surface area contributed by atoms with Gasteiger partial charge in [0.25, 0.3) is 0 Å². The molecule has 0 unspecified atom stereocenters. The molecule has 0 bridgehead atoms. The van der Waals surface area contributed by atoms with Crippen molar-refractivity contribution in [2.75, 3.05) is 0 Å². The zero-order valence-electron chi connectivity index (χ0n) is 16.1. The standard InChI is InChI=1S/C17H22F6O3S2/c1-13(2,3)10-7-8-12(11(9-10)14(4,5)6)27-16(20,21)15(18,19)17(22,23)28(24,25)26/h7-9H,1-6H3,(H,24,25,26). The Morgan fingerprint density at radius 3 is 1.68 bits per heavy atom. The van der Waals surface area contributed by atoms with Gasteiger partial charge in [-0.3, -0.25) is 4.55 Å². The molecule has 0 atom stereocenters. The van der Waals surface area contributed by atoms with E-state index in [2.05, 4.69) is 0 Å². The molecule has 11 heteroatoms. The summed E-state index contributed by atoms with van der Waals surface area (Å²) in [6.07, 6.45) is 0. The van der Waals surface area contributed by atoms with Crippen LogP contribution in [0, 0.1) is 0 Å². The predicted molar refractivity (Wildman–Crippen MR) is 96.1 cm³/mol. The van der Waals surface area contributed by atoms with Crippen LogP contribution >= 0.6 is 11.8 Å². The fourth-order valence-electron chi connectivity index (χ4n) is 2.21. The Kier molecular flexibility index (Phi) is 6.35. The van der Waals surface area contributed by atoms with Crippen LogP contribution in [-0.2, 0) is 20.9 Å². The van der Waals surface area contributed by atoms with Gasteiger partial charge in [0.15, 0.2) is 0 Å². The third-order valence-corrected chi connectivity index (χ3v) is 5.94. The summed E-state index contributed by atoms with van der Waals surface area (Å²) < 4.78 is 112.